The van der Waals surface area contributed by atoms with Crippen molar-refractivity contribution >= 4 is 29.0 Å². The lowest BCUT2D eigenvalue weighted by Gasteiger charge is -2.24. The molecule has 0 saturated heterocycles. The topological polar surface area (TPSA) is 51.7 Å². The van der Waals surface area contributed by atoms with E-state index in [9.17, 15) is 4.79 Å². The fraction of sp³-hybridized carbons (Fsp3) is 0.182. The number of hydrogen-bond donors (Lipinski definition) is 0. The Labute approximate surface area is 167 Å². The molecule has 1 aromatic heterocycles. The van der Waals surface area contributed by atoms with Gasteiger partial charge in [-0.05, 0) is 24.6 Å². The van der Waals surface area contributed by atoms with Crippen LogP contribution >= 0.6 is 11.3 Å². The molecule has 0 unspecified atom stereocenters. The predicted octanol–water partition coefficient (Wildman–Crippen LogP) is 4.58. The molecule has 3 aromatic rings. The molecule has 2 heterocycles. The standard InChI is InChI=1S/C22H20N2O3S/c1-16-23-19(15-28-16)22(25)24(11-5-8-17-6-3-2-4-7-17)18-9-10-20-21(14-18)27-13-12-26-20/h2-10,14-15H,11-13H2,1H3/b8-5+. The summed E-state index contributed by atoms with van der Waals surface area (Å²) in [4.78, 5) is 19.2. The average Bonchev–Trinajstić information content (AvgIpc) is 3.17. The molecule has 0 N–H and O–H groups in total. The van der Waals surface area contributed by atoms with Crippen molar-refractivity contribution in [3.63, 3.8) is 0 Å². The van der Waals surface area contributed by atoms with E-state index in [0.717, 1.165) is 16.3 Å². The summed E-state index contributed by atoms with van der Waals surface area (Å²) in [5.41, 5.74) is 2.28. The highest BCUT2D eigenvalue weighted by Crippen LogP contribution is 2.34. The highest BCUT2D eigenvalue weighted by atomic mass is 32.1. The first-order chi connectivity index (χ1) is 13.7. The first kappa shape index (κ1) is 18.3. The van der Waals surface area contributed by atoms with Crippen molar-refractivity contribution < 1.29 is 14.3 Å². The van der Waals surface area contributed by atoms with Crippen LogP contribution in [0.2, 0.25) is 0 Å². The van der Waals surface area contributed by atoms with Gasteiger partial charge in [0, 0.05) is 23.7 Å². The summed E-state index contributed by atoms with van der Waals surface area (Å²) in [5, 5.41) is 2.66. The highest BCUT2D eigenvalue weighted by molar-refractivity contribution is 7.09. The molecule has 0 aliphatic carbocycles. The van der Waals surface area contributed by atoms with E-state index in [0.29, 0.717) is 37.0 Å². The van der Waals surface area contributed by atoms with E-state index in [1.165, 1.54) is 11.3 Å². The first-order valence-corrected chi connectivity index (χ1v) is 9.94. The first-order valence-electron chi connectivity index (χ1n) is 9.06. The Bertz CT molecular complexity index is 998. The lowest BCUT2D eigenvalue weighted by atomic mass is 10.2. The fourth-order valence-electron chi connectivity index (χ4n) is 2.96. The van der Waals surface area contributed by atoms with Gasteiger partial charge in [-0.3, -0.25) is 4.79 Å². The number of rotatable bonds is 5. The Balaban J connectivity index is 1.63. The third-order valence-corrected chi connectivity index (χ3v) is 5.09. The molecule has 0 atom stereocenters. The highest BCUT2D eigenvalue weighted by Gasteiger charge is 2.21. The second-order valence-corrected chi connectivity index (χ2v) is 7.37. The van der Waals surface area contributed by atoms with Crippen molar-refractivity contribution in [1.82, 2.24) is 4.98 Å². The second-order valence-electron chi connectivity index (χ2n) is 6.31. The SMILES string of the molecule is Cc1nc(C(=O)N(C/C=C/c2ccccc2)c2ccc3c(c2)OCCO3)cs1. The number of fused-ring (bicyclic) bond motifs is 1. The van der Waals surface area contributed by atoms with Crippen LogP contribution in [-0.2, 0) is 0 Å². The van der Waals surface area contributed by atoms with Crippen LogP contribution in [0.4, 0.5) is 5.69 Å². The minimum Gasteiger partial charge on any atom is -0.486 e. The van der Waals surface area contributed by atoms with Crippen LogP contribution in [0.3, 0.4) is 0 Å². The van der Waals surface area contributed by atoms with E-state index in [1.807, 2.05) is 67.6 Å². The van der Waals surface area contributed by atoms with E-state index in [1.54, 1.807) is 10.3 Å². The van der Waals surface area contributed by atoms with Gasteiger partial charge in [-0.2, -0.15) is 0 Å². The third kappa shape index (κ3) is 4.07. The number of amides is 1. The minimum atomic E-state index is -0.140. The number of nitrogens with zero attached hydrogens (tertiary/aromatic N) is 2. The van der Waals surface area contributed by atoms with Crippen LogP contribution in [0.25, 0.3) is 6.08 Å². The van der Waals surface area contributed by atoms with Crippen molar-refractivity contribution in [1.29, 1.82) is 0 Å². The monoisotopic (exact) mass is 392 g/mol. The van der Waals surface area contributed by atoms with Crippen molar-refractivity contribution in [3.05, 3.63) is 76.3 Å². The van der Waals surface area contributed by atoms with Crippen LogP contribution in [0.1, 0.15) is 21.1 Å². The van der Waals surface area contributed by atoms with E-state index < -0.39 is 0 Å². The summed E-state index contributed by atoms with van der Waals surface area (Å²) < 4.78 is 11.3. The number of aryl methyl sites for hydroxylation is 1. The molecule has 0 spiro atoms. The Morgan fingerprint density at radius 3 is 2.68 bits per heavy atom. The number of carbonyl (C=O) groups excluding carboxylic acids is 1. The maximum absolute atomic E-state index is 13.1. The van der Waals surface area contributed by atoms with Gasteiger partial charge in [-0.1, -0.05) is 42.5 Å². The van der Waals surface area contributed by atoms with Gasteiger partial charge >= 0.3 is 0 Å². The van der Waals surface area contributed by atoms with E-state index in [-0.39, 0.29) is 5.91 Å². The van der Waals surface area contributed by atoms with Crippen LogP contribution in [0.15, 0.2) is 60.0 Å². The molecule has 1 aliphatic rings. The van der Waals surface area contributed by atoms with Crippen LogP contribution in [-0.4, -0.2) is 30.6 Å². The van der Waals surface area contributed by atoms with Crippen molar-refractivity contribution in [2.75, 3.05) is 24.7 Å². The molecule has 28 heavy (non-hydrogen) atoms. The lowest BCUT2D eigenvalue weighted by Crippen LogP contribution is -2.31. The predicted molar refractivity (Wildman–Crippen MR) is 111 cm³/mol. The summed E-state index contributed by atoms with van der Waals surface area (Å²) >= 11 is 1.47. The van der Waals surface area contributed by atoms with Crippen LogP contribution in [0, 0.1) is 6.92 Å². The molecule has 6 heteroatoms. The normalized spacial score (nSPS) is 12.9. The van der Waals surface area contributed by atoms with Crippen LogP contribution in [0.5, 0.6) is 11.5 Å². The molecule has 1 aliphatic heterocycles. The maximum atomic E-state index is 13.1. The van der Waals surface area contributed by atoms with Gasteiger partial charge in [-0.25, -0.2) is 4.98 Å². The number of ether oxygens (including phenoxy) is 2. The lowest BCUT2D eigenvalue weighted by molar-refractivity contribution is 0.0985. The Hall–Kier alpha value is -3.12. The van der Waals surface area contributed by atoms with Gasteiger partial charge in [0.2, 0.25) is 0 Å². The molecule has 0 bridgehead atoms. The average molecular weight is 392 g/mol. The number of aromatic nitrogens is 1. The zero-order chi connectivity index (χ0) is 19.3. The number of anilines is 1. The minimum absolute atomic E-state index is 0.140. The van der Waals surface area contributed by atoms with Crippen LogP contribution < -0.4 is 14.4 Å². The number of benzene rings is 2. The van der Waals surface area contributed by atoms with Gasteiger partial charge in [0.05, 0.1) is 5.01 Å². The quantitative estimate of drug-likeness (QED) is 0.638. The molecular formula is C22H20N2O3S. The third-order valence-electron chi connectivity index (χ3n) is 4.32. The molecule has 2 aromatic carbocycles. The van der Waals surface area contributed by atoms with Gasteiger partial charge in [0.15, 0.2) is 11.5 Å². The molecule has 5 nitrogen and oxygen atoms in total. The summed E-state index contributed by atoms with van der Waals surface area (Å²) in [7, 11) is 0. The van der Waals surface area contributed by atoms with Gasteiger partial charge < -0.3 is 14.4 Å². The molecule has 0 saturated carbocycles. The number of hydrogen-bond acceptors (Lipinski definition) is 5. The van der Waals surface area contributed by atoms with E-state index in [4.69, 9.17) is 9.47 Å². The summed E-state index contributed by atoms with van der Waals surface area (Å²) in [6, 6.07) is 15.6. The Morgan fingerprint density at radius 2 is 1.93 bits per heavy atom. The van der Waals surface area contributed by atoms with E-state index >= 15 is 0 Å². The van der Waals surface area contributed by atoms with Crippen molar-refractivity contribution in [2.24, 2.45) is 0 Å². The molecule has 0 fully saturated rings. The summed E-state index contributed by atoms with van der Waals surface area (Å²) in [5.74, 6) is 1.22. The Kier molecular flexibility index (Phi) is 5.39. The molecular weight excluding hydrogens is 372 g/mol. The smallest absolute Gasteiger partial charge is 0.278 e. The van der Waals surface area contributed by atoms with Crippen molar-refractivity contribution in [2.45, 2.75) is 6.92 Å². The zero-order valence-electron chi connectivity index (χ0n) is 15.5. The molecule has 4 rings (SSSR count). The van der Waals surface area contributed by atoms with E-state index in [2.05, 4.69) is 4.98 Å². The summed E-state index contributed by atoms with van der Waals surface area (Å²) in [6.45, 7) is 3.35. The fourth-order valence-corrected chi connectivity index (χ4v) is 3.55. The number of carbonyl (C=O) groups is 1. The largest absolute Gasteiger partial charge is 0.486 e. The second kappa shape index (κ2) is 8.27. The van der Waals surface area contributed by atoms with Gasteiger partial charge in [-0.15, -0.1) is 11.3 Å². The molecule has 1 amide bonds. The molecule has 142 valence electrons. The zero-order valence-corrected chi connectivity index (χ0v) is 16.3. The van der Waals surface area contributed by atoms with Gasteiger partial charge in [0.25, 0.3) is 5.91 Å². The van der Waals surface area contributed by atoms with Crippen molar-refractivity contribution in [3.8, 4) is 11.5 Å². The summed E-state index contributed by atoms with van der Waals surface area (Å²) in [6.07, 6.45) is 3.98. The van der Waals surface area contributed by atoms with Gasteiger partial charge in [0.1, 0.15) is 18.9 Å². The molecule has 0 radical (unpaired) electrons. The number of thiazole rings is 1. The Morgan fingerprint density at radius 1 is 1.14 bits per heavy atom. The maximum Gasteiger partial charge on any atom is 0.278 e.